The van der Waals surface area contributed by atoms with Crippen molar-refractivity contribution < 1.29 is 27.4 Å². The second-order valence-corrected chi connectivity index (χ2v) is 8.09. The maximum atomic E-state index is 13.7. The molecular formula is C21H21F3N4O4. The molecule has 32 heavy (non-hydrogen) atoms. The van der Waals surface area contributed by atoms with Gasteiger partial charge in [-0.1, -0.05) is 0 Å². The summed E-state index contributed by atoms with van der Waals surface area (Å²) in [4.78, 5) is 38.1. The lowest BCUT2D eigenvalue weighted by Gasteiger charge is -2.20. The molecule has 0 amide bonds. The van der Waals surface area contributed by atoms with Crippen molar-refractivity contribution in [3.63, 3.8) is 0 Å². The minimum absolute atomic E-state index is 0.0195. The summed E-state index contributed by atoms with van der Waals surface area (Å²) in [5, 5.41) is -0.0951. The van der Waals surface area contributed by atoms with E-state index >= 15 is 0 Å². The molecule has 3 rings (SSSR count). The topological polar surface area (TPSA) is 107 Å². The van der Waals surface area contributed by atoms with Crippen LogP contribution >= 0.6 is 0 Å². The number of esters is 1. The molecule has 0 bridgehead atoms. The van der Waals surface area contributed by atoms with E-state index in [9.17, 15) is 22.8 Å². The number of halogens is 3. The van der Waals surface area contributed by atoms with Crippen molar-refractivity contribution in [1.29, 1.82) is 0 Å². The van der Waals surface area contributed by atoms with Crippen molar-refractivity contribution in [2.24, 2.45) is 0 Å². The second kappa shape index (κ2) is 8.21. The first-order chi connectivity index (χ1) is 14.7. The Morgan fingerprint density at radius 1 is 1.16 bits per heavy atom. The van der Waals surface area contributed by atoms with Crippen molar-refractivity contribution in [3.8, 4) is 5.88 Å². The molecule has 1 unspecified atom stereocenters. The lowest BCUT2D eigenvalue weighted by Crippen LogP contribution is -2.24. The summed E-state index contributed by atoms with van der Waals surface area (Å²) in [5.74, 6) is -0.465. The third-order valence-electron chi connectivity index (χ3n) is 4.22. The number of ether oxygens (including phenoxy) is 2. The molecule has 1 N–H and O–H groups in total. The van der Waals surface area contributed by atoms with E-state index in [1.165, 1.54) is 32.2 Å². The monoisotopic (exact) mass is 450 g/mol. The third kappa shape index (κ3) is 5.21. The molecule has 0 spiro atoms. The highest BCUT2D eigenvalue weighted by Gasteiger charge is 2.38. The van der Waals surface area contributed by atoms with Crippen LogP contribution < -0.4 is 10.3 Å². The summed E-state index contributed by atoms with van der Waals surface area (Å²) >= 11 is 0. The molecular weight excluding hydrogens is 429 g/mol. The van der Waals surface area contributed by atoms with Gasteiger partial charge in [0.1, 0.15) is 17.5 Å². The van der Waals surface area contributed by atoms with Crippen LogP contribution in [0.15, 0.2) is 29.2 Å². The number of carbonyl (C=O) groups excluding carboxylic acids is 1. The van der Waals surface area contributed by atoms with E-state index in [2.05, 4.69) is 19.9 Å². The molecule has 0 saturated carbocycles. The Bertz CT molecular complexity index is 1220. The zero-order valence-electron chi connectivity index (χ0n) is 18.0. The first-order valence-corrected chi connectivity index (χ1v) is 9.59. The van der Waals surface area contributed by atoms with Gasteiger partial charge in [0.2, 0.25) is 5.88 Å². The number of rotatable bonds is 4. The summed E-state index contributed by atoms with van der Waals surface area (Å²) in [6.45, 7) is 7.97. The molecule has 170 valence electrons. The minimum atomic E-state index is -4.80. The van der Waals surface area contributed by atoms with Crippen molar-refractivity contribution in [3.05, 3.63) is 57.4 Å². The van der Waals surface area contributed by atoms with Gasteiger partial charge < -0.3 is 14.5 Å². The Morgan fingerprint density at radius 2 is 1.84 bits per heavy atom. The van der Waals surface area contributed by atoms with Gasteiger partial charge in [-0.15, -0.1) is 0 Å². The van der Waals surface area contributed by atoms with Gasteiger partial charge in [0, 0.05) is 17.8 Å². The smallest absolute Gasteiger partial charge is 0.433 e. The van der Waals surface area contributed by atoms with Crippen LogP contribution in [-0.4, -0.2) is 31.5 Å². The molecule has 0 saturated heterocycles. The minimum Gasteiger partial charge on any atom is -0.470 e. The van der Waals surface area contributed by atoms with E-state index < -0.39 is 35.1 Å². The van der Waals surface area contributed by atoms with Crippen LogP contribution in [0.25, 0.3) is 11.0 Å². The number of pyridine rings is 2. The molecule has 3 aromatic heterocycles. The lowest BCUT2D eigenvalue weighted by atomic mass is 10.1. The molecule has 0 radical (unpaired) electrons. The van der Waals surface area contributed by atoms with Gasteiger partial charge in [-0.2, -0.15) is 13.2 Å². The van der Waals surface area contributed by atoms with E-state index in [1.54, 1.807) is 20.8 Å². The summed E-state index contributed by atoms with van der Waals surface area (Å²) in [6.07, 6.45) is -4.76. The van der Waals surface area contributed by atoms with Crippen LogP contribution in [0.2, 0.25) is 0 Å². The first kappa shape index (κ1) is 23.2. The number of carbonyl (C=O) groups is 1. The second-order valence-electron chi connectivity index (χ2n) is 8.09. The molecule has 0 aromatic carbocycles. The number of aromatic amines is 1. The van der Waals surface area contributed by atoms with Gasteiger partial charge in [0.15, 0.2) is 11.3 Å². The highest BCUT2D eigenvalue weighted by atomic mass is 19.4. The summed E-state index contributed by atoms with van der Waals surface area (Å²) in [5.41, 5.74) is -3.00. The molecule has 0 aliphatic carbocycles. The SMILES string of the molecule is Cc1nc2nc(C(F)(F)F)c(C(C)Oc3ccc(C(=O)OC(C)(C)C)cn3)cc2c(=O)[nH]1. The maximum absolute atomic E-state index is 13.7. The number of hydrogen-bond acceptors (Lipinski definition) is 7. The Kier molecular flexibility index (Phi) is 5.94. The predicted molar refractivity (Wildman–Crippen MR) is 108 cm³/mol. The Balaban J connectivity index is 1.93. The molecule has 11 heteroatoms. The molecule has 0 aliphatic rings. The quantitative estimate of drug-likeness (QED) is 0.596. The van der Waals surface area contributed by atoms with Crippen molar-refractivity contribution in [2.75, 3.05) is 0 Å². The van der Waals surface area contributed by atoms with Crippen molar-refractivity contribution in [2.45, 2.75) is 52.5 Å². The van der Waals surface area contributed by atoms with Crippen LogP contribution in [0.4, 0.5) is 13.2 Å². The fourth-order valence-electron chi connectivity index (χ4n) is 2.88. The fraction of sp³-hybridized carbons (Fsp3) is 0.381. The highest BCUT2D eigenvalue weighted by Crippen LogP contribution is 2.35. The average molecular weight is 450 g/mol. The number of alkyl halides is 3. The summed E-state index contributed by atoms with van der Waals surface area (Å²) < 4.78 is 51.7. The van der Waals surface area contributed by atoms with Gasteiger partial charge in [-0.05, 0) is 46.8 Å². The van der Waals surface area contributed by atoms with Gasteiger partial charge in [-0.25, -0.2) is 19.7 Å². The summed E-state index contributed by atoms with van der Waals surface area (Å²) in [6, 6.07) is 3.80. The number of fused-ring (bicyclic) bond motifs is 1. The van der Waals surface area contributed by atoms with Crippen LogP contribution in [0.3, 0.4) is 0 Å². The molecule has 8 nitrogen and oxygen atoms in total. The number of hydrogen-bond donors (Lipinski definition) is 1. The van der Waals surface area contributed by atoms with Gasteiger partial charge in [0.05, 0.1) is 10.9 Å². The van der Waals surface area contributed by atoms with Gasteiger partial charge in [-0.3, -0.25) is 4.79 Å². The van der Waals surface area contributed by atoms with Crippen molar-refractivity contribution >= 4 is 17.0 Å². The van der Waals surface area contributed by atoms with E-state index in [1.807, 2.05) is 0 Å². The normalized spacial score (nSPS) is 13.1. The fourth-order valence-corrected chi connectivity index (χ4v) is 2.88. The number of nitrogens with zero attached hydrogens (tertiary/aromatic N) is 3. The van der Waals surface area contributed by atoms with E-state index in [0.29, 0.717) is 0 Å². The zero-order chi connectivity index (χ0) is 23.8. The van der Waals surface area contributed by atoms with Crippen LogP contribution in [-0.2, 0) is 10.9 Å². The third-order valence-corrected chi connectivity index (χ3v) is 4.22. The molecule has 3 aromatic rings. The standard InChI is InChI=1S/C21H21F3N4O4/c1-10(31-15-7-6-12(9-25-15)19(30)32-20(3,4)5)13-8-14-17(26-11(2)27-18(14)29)28-16(13)21(22,23)24/h6-10H,1-5H3,(H,26,27,28,29). The number of nitrogens with one attached hydrogen (secondary N) is 1. The Hall–Kier alpha value is -3.50. The van der Waals surface area contributed by atoms with Crippen LogP contribution in [0.1, 0.15) is 61.2 Å². The molecule has 0 aliphatic heterocycles. The number of aromatic nitrogens is 4. The number of H-pyrrole nitrogens is 1. The number of aryl methyl sites for hydroxylation is 1. The Morgan fingerprint density at radius 3 is 2.41 bits per heavy atom. The zero-order valence-corrected chi connectivity index (χ0v) is 18.0. The molecule has 3 heterocycles. The molecule has 0 fully saturated rings. The lowest BCUT2D eigenvalue weighted by molar-refractivity contribution is -0.142. The van der Waals surface area contributed by atoms with Crippen LogP contribution in [0.5, 0.6) is 5.88 Å². The molecule has 1 atom stereocenters. The highest BCUT2D eigenvalue weighted by molar-refractivity contribution is 5.89. The van der Waals surface area contributed by atoms with E-state index in [-0.39, 0.29) is 33.9 Å². The summed E-state index contributed by atoms with van der Waals surface area (Å²) in [7, 11) is 0. The van der Waals surface area contributed by atoms with Gasteiger partial charge >= 0.3 is 12.1 Å². The first-order valence-electron chi connectivity index (χ1n) is 9.59. The van der Waals surface area contributed by atoms with E-state index in [0.717, 1.165) is 6.07 Å². The largest absolute Gasteiger partial charge is 0.470 e. The maximum Gasteiger partial charge on any atom is 0.433 e. The van der Waals surface area contributed by atoms with E-state index in [4.69, 9.17) is 9.47 Å². The van der Waals surface area contributed by atoms with Crippen LogP contribution in [0, 0.1) is 6.92 Å². The Labute approximate surface area is 180 Å². The average Bonchev–Trinajstić information content (AvgIpc) is 2.65. The predicted octanol–water partition coefficient (Wildman–Crippen LogP) is 4.14. The van der Waals surface area contributed by atoms with Gasteiger partial charge in [0.25, 0.3) is 5.56 Å². The van der Waals surface area contributed by atoms with Crippen molar-refractivity contribution in [1.82, 2.24) is 19.9 Å².